The van der Waals surface area contributed by atoms with E-state index in [2.05, 4.69) is 10.3 Å². The van der Waals surface area contributed by atoms with Crippen LogP contribution in [-0.4, -0.2) is 54.1 Å². The van der Waals surface area contributed by atoms with Gasteiger partial charge in [0.15, 0.2) is 7.98 Å². The topological polar surface area (TPSA) is 91.6 Å². The molecule has 1 aliphatic heterocycles. The second-order valence-corrected chi connectivity index (χ2v) is 7.49. The number of pyridine rings is 1. The molecule has 29 heavy (non-hydrogen) atoms. The summed E-state index contributed by atoms with van der Waals surface area (Å²) in [7, 11) is 5.92. The molecular weight excluding hydrogens is 372 g/mol. The fourth-order valence-corrected chi connectivity index (χ4v) is 3.61. The van der Waals surface area contributed by atoms with Crippen molar-refractivity contribution in [3.8, 4) is 0 Å². The van der Waals surface area contributed by atoms with Gasteiger partial charge >= 0.3 is 11.8 Å². The summed E-state index contributed by atoms with van der Waals surface area (Å²) in [5.41, 5.74) is 7.96. The van der Waals surface area contributed by atoms with Gasteiger partial charge in [0.2, 0.25) is 0 Å². The Bertz CT molecular complexity index is 935. The molecule has 0 spiro atoms. The van der Waals surface area contributed by atoms with E-state index in [-0.39, 0.29) is 12.4 Å². The van der Waals surface area contributed by atoms with Crippen LogP contribution in [0.3, 0.4) is 0 Å². The molecule has 1 aliphatic carbocycles. The van der Waals surface area contributed by atoms with Gasteiger partial charge in [-0.2, -0.15) is 0 Å². The minimum absolute atomic E-state index is 0.290. The Hall–Kier alpha value is -2.94. The molecular formula is C20H21BFN5O2. The summed E-state index contributed by atoms with van der Waals surface area (Å²) in [5.74, 6) is -0.969. The van der Waals surface area contributed by atoms with Gasteiger partial charge in [0.25, 0.3) is 0 Å². The Morgan fingerprint density at radius 2 is 1.93 bits per heavy atom. The van der Waals surface area contributed by atoms with E-state index in [0.29, 0.717) is 36.1 Å². The highest BCUT2D eigenvalue weighted by atomic mass is 19.1. The molecule has 1 saturated carbocycles. The van der Waals surface area contributed by atoms with E-state index in [9.17, 15) is 14.0 Å². The number of aromatic nitrogens is 1. The molecule has 7 nitrogen and oxygen atoms in total. The van der Waals surface area contributed by atoms with Gasteiger partial charge in [0.05, 0.1) is 17.9 Å². The first-order valence-corrected chi connectivity index (χ1v) is 9.55. The number of piperazine rings is 1. The van der Waals surface area contributed by atoms with Crippen molar-refractivity contribution in [3.05, 3.63) is 53.5 Å². The summed E-state index contributed by atoms with van der Waals surface area (Å²) in [6.45, 7) is 1.07. The average molecular weight is 393 g/mol. The number of hydrogen-bond acceptors (Lipinski definition) is 5. The lowest BCUT2D eigenvalue weighted by Gasteiger charge is -2.40. The first-order chi connectivity index (χ1) is 13.9. The Morgan fingerprint density at radius 1 is 1.21 bits per heavy atom. The van der Waals surface area contributed by atoms with Crippen LogP contribution in [0.4, 0.5) is 15.9 Å². The monoisotopic (exact) mass is 393 g/mol. The van der Waals surface area contributed by atoms with Gasteiger partial charge in [-0.05, 0) is 48.1 Å². The van der Waals surface area contributed by atoms with Crippen molar-refractivity contribution in [2.75, 3.05) is 30.7 Å². The number of rotatable bonds is 3. The zero-order chi connectivity index (χ0) is 20.5. The van der Waals surface area contributed by atoms with E-state index in [1.54, 1.807) is 23.0 Å². The Morgan fingerprint density at radius 3 is 2.62 bits per heavy atom. The molecule has 9 heteroatoms. The molecule has 1 aromatic carbocycles. The van der Waals surface area contributed by atoms with Crippen molar-refractivity contribution in [1.82, 2.24) is 14.7 Å². The van der Waals surface area contributed by atoms with Gasteiger partial charge in [0, 0.05) is 19.6 Å². The van der Waals surface area contributed by atoms with E-state index >= 15 is 0 Å². The van der Waals surface area contributed by atoms with Gasteiger partial charge in [-0.25, -0.2) is 9.37 Å². The van der Waals surface area contributed by atoms with Crippen LogP contribution in [-0.2, 0) is 9.59 Å². The largest absolute Gasteiger partial charge is 0.383 e. The van der Waals surface area contributed by atoms with Gasteiger partial charge in [-0.3, -0.25) is 9.59 Å². The fourth-order valence-electron chi connectivity index (χ4n) is 3.61. The molecule has 148 valence electrons. The molecule has 1 unspecified atom stereocenters. The molecule has 2 amide bonds. The zero-order valence-corrected chi connectivity index (χ0v) is 15.8. The van der Waals surface area contributed by atoms with Crippen molar-refractivity contribution in [3.63, 3.8) is 0 Å². The molecule has 2 heterocycles. The number of hydrogen-bond donors (Lipinski definition) is 2. The molecule has 2 radical (unpaired) electrons. The highest BCUT2D eigenvalue weighted by molar-refractivity contribution is 6.39. The van der Waals surface area contributed by atoms with Gasteiger partial charge in [0.1, 0.15) is 11.6 Å². The van der Waals surface area contributed by atoms with Crippen molar-refractivity contribution in [1.29, 1.82) is 0 Å². The predicted octanol–water partition coefficient (Wildman–Crippen LogP) is 1.59. The lowest BCUT2D eigenvalue weighted by molar-refractivity contribution is -0.146. The number of benzene rings is 1. The lowest BCUT2D eigenvalue weighted by Crippen LogP contribution is -2.52. The molecule has 2 aliphatic rings. The molecule has 4 rings (SSSR count). The summed E-state index contributed by atoms with van der Waals surface area (Å²) in [6, 6.07) is 7.19. The van der Waals surface area contributed by atoms with Crippen molar-refractivity contribution in [2.45, 2.75) is 24.8 Å². The summed E-state index contributed by atoms with van der Waals surface area (Å²) in [4.78, 5) is 32.7. The lowest BCUT2D eigenvalue weighted by atomic mass is 10.00. The van der Waals surface area contributed by atoms with Crippen LogP contribution in [0.1, 0.15) is 35.9 Å². The van der Waals surface area contributed by atoms with Crippen LogP contribution in [0, 0.1) is 5.82 Å². The third kappa shape index (κ3) is 4.24. The van der Waals surface area contributed by atoms with E-state index in [1.165, 1.54) is 23.2 Å². The third-order valence-corrected chi connectivity index (χ3v) is 5.35. The van der Waals surface area contributed by atoms with Crippen molar-refractivity contribution >= 4 is 31.3 Å². The summed E-state index contributed by atoms with van der Waals surface area (Å²) in [5, 5.41) is 2.63. The number of carbonyl (C=O) groups is 2. The number of halogens is 1. The van der Waals surface area contributed by atoms with Crippen LogP contribution in [0.2, 0.25) is 0 Å². The first-order valence-electron chi connectivity index (χ1n) is 9.55. The SMILES string of the molecule is [B]N1CCN(C(=O)C(=O)Nc2cnc(N)c(C3CC3)c2)C(c2ccc(F)cc2)C1. The molecule has 2 fully saturated rings. The number of amides is 2. The standard InChI is InChI=1S/C20H21BFN5O2/c21-26-7-8-27(17(11-26)13-3-5-14(22)6-4-13)20(29)19(28)25-15-9-16(12-1-2-12)18(23)24-10-15/h3-6,9-10,12,17H,1-2,7-8,11H2,(H2,23,24)(H,25,28). The summed E-state index contributed by atoms with van der Waals surface area (Å²) in [6.07, 6.45) is 3.54. The van der Waals surface area contributed by atoms with Crippen molar-refractivity contribution < 1.29 is 14.0 Å². The number of nitrogens with zero attached hydrogens (tertiary/aromatic N) is 3. The number of carbonyl (C=O) groups excluding carboxylic acids is 2. The maximum absolute atomic E-state index is 13.3. The Labute approximate surface area is 169 Å². The smallest absolute Gasteiger partial charge is 0.313 e. The van der Waals surface area contributed by atoms with Gasteiger partial charge < -0.3 is 20.8 Å². The minimum Gasteiger partial charge on any atom is -0.383 e. The van der Waals surface area contributed by atoms with Crippen LogP contribution >= 0.6 is 0 Å². The maximum atomic E-state index is 13.3. The number of anilines is 2. The minimum atomic E-state index is -0.754. The molecule has 1 atom stereocenters. The fraction of sp³-hybridized carbons (Fsp3) is 0.350. The highest BCUT2D eigenvalue weighted by Crippen LogP contribution is 2.42. The summed E-state index contributed by atoms with van der Waals surface area (Å²) < 4.78 is 13.3. The highest BCUT2D eigenvalue weighted by Gasteiger charge is 2.34. The summed E-state index contributed by atoms with van der Waals surface area (Å²) >= 11 is 0. The van der Waals surface area contributed by atoms with E-state index in [0.717, 1.165) is 18.4 Å². The zero-order valence-electron chi connectivity index (χ0n) is 15.8. The first kappa shape index (κ1) is 19.4. The Balaban J connectivity index is 1.51. The molecule has 3 N–H and O–H groups in total. The average Bonchev–Trinajstić information content (AvgIpc) is 3.54. The third-order valence-electron chi connectivity index (χ3n) is 5.35. The predicted molar refractivity (Wildman–Crippen MR) is 107 cm³/mol. The molecule has 1 aromatic heterocycles. The van der Waals surface area contributed by atoms with Crippen LogP contribution in [0.5, 0.6) is 0 Å². The quantitative estimate of drug-likeness (QED) is 0.611. The maximum Gasteiger partial charge on any atom is 0.313 e. The van der Waals surface area contributed by atoms with Crippen LogP contribution < -0.4 is 11.1 Å². The number of nitrogens with two attached hydrogens (primary N) is 1. The normalized spacial score (nSPS) is 19.8. The molecule has 1 saturated heterocycles. The number of nitrogen functional groups attached to an aromatic ring is 1. The second-order valence-electron chi connectivity index (χ2n) is 7.49. The van der Waals surface area contributed by atoms with Gasteiger partial charge in [-0.15, -0.1) is 0 Å². The molecule has 0 bridgehead atoms. The molecule has 2 aromatic rings. The van der Waals surface area contributed by atoms with Gasteiger partial charge in [-0.1, -0.05) is 12.1 Å². The van der Waals surface area contributed by atoms with E-state index < -0.39 is 17.9 Å². The second kappa shape index (κ2) is 7.83. The van der Waals surface area contributed by atoms with Crippen LogP contribution in [0.25, 0.3) is 0 Å². The van der Waals surface area contributed by atoms with Crippen LogP contribution in [0.15, 0.2) is 36.5 Å². The Kier molecular flexibility index (Phi) is 5.23. The van der Waals surface area contributed by atoms with E-state index in [1.807, 2.05) is 0 Å². The van der Waals surface area contributed by atoms with Crippen molar-refractivity contribution in [2.24, 2.45) is 0 Å². The van der Waals surface area contributed by atoms with E-state index in [4.69, 9.17) is 13.7 Å². The number of nitrogens with one attached hydrogen (secondary N) is 1.